The maximum Gasteiger partial charge on any atom is 0.194 e. The van der Waals surface area contributed by atoms with Gasteiger partial charge < -0.3 is 20.4 Å². The highest BCUT2D eigenvalue weighted by Gasteiger charge is 2.16. The Morgan fingerprint density at radius 3 is 1.76 bits per heavy atom. The lowest BCUT2D eigenvalue weighted by atomic mass is 10.3. The average Bonchev–Trinajstić information content (AvgIpc) is 2.75. The second kappa shape index (κ2) is 3.97. The highest BCUT2D eigenvalue weighted by atomic mass is 16.3. The molecule has 2 aromatic rings. The zero-order chi connectivity index (χ0) is 12.6. The molecule has 0 saturated carbocycles. The quantitative estimate of drug-likeness (QED) is 0.650. The number of rotatable bonds is 3. The van der Waals surface area contributed by atoms with Crippen LogP contribution in [0.1, 0.15) is 13.0 Å². The van der Waals surface area contributed by atoms with Gasteiger partial charge in [-0.2, -0.15) is 0 Å². The van der Waals surface area contributed by atoms with Gasteiger partial charge in [0.2, 0.25) is 0 Å². The van der Waals surface area contributed by atoms with Crippen LogP contribution in [0.5, 0.6) is 23.5 Å². The summed E-state index contributed by atoms with van der Waals surface area (Å²) >= 11 is 0. The van der Waals surface area contributed by atoms with Crippen LogP contribution in [0.15, 0.2) is 24.3 Å². The molecule has 1 unspecified atom stereocenters. The van der Waals surface area contributed by atoms with Gasteiger partial charge in [-0.15, -0.1) is 0 Å². The molecule has 0 aliphatic heterocycles. The molecule has 6 nitrogen and oxygen atoms in total. The smallest absolute Gasteiger partial charge is 0.194 e. The summed E-state index contributed by atoms with van der Waals surface area (Å²) in [5, 5.41) is 38.0. The molecule has 4 N–H and O–H groups in total. The van der Waals surface area contributed by atoms with E-state index in [9.17, 15) is 20.4 Å². The molecular formula is C11H14N2O4. The van der Waals surface area contributed by atoms with Crippen molar-refractivity contribution < 1.29 is 20.4 Å². The number of hydrogen-bond donors (Lipinski definition) is 4. The van der Waals surface area contributed by atoms with Crippen LogP contribution >= 0.6 is 0 Å². The Hall–Kier alpha value is -2.24. The highest BCUT2D eigenvalue weighted by molar-refractivity contribution is 5.26. The van der Waals surface area contributed by atoms with Crippen molar-refractivity contribution in [3.63, 3.8) is 0 Å². The fourth-order valence-electron chi connectivity index (χ4n) is 1.86. The van der Waals surface area contributed by atoms with Crippen molar-refractivity contribution in [2.45, 2.75) is 19.5 Å². The summed E-state index contributed by atoms with van der Waals surface area (Å²) in [6, 6.07) is 5.17. The van der Waals surface area contributed by atoms with E-state index >= 15 is 0 Å². The second-order valence-corrected chi connectivity index (χ2v) is 3.93. The van der Waals surface area contributed by atoms with Crippen molar-refractivity contribution in [2.24, 2.45) is 0 Å². The fourth-order valence-corrected chi connectivity index (χ4v) is 1.86. The second-order valence-electron chi connectivity index (χ2n) is 3.93. The van der Waals surface area contributed by atoms with Gasteiger partial charge in [-0.3, -0.25) is 9.13 Å². The molecule has 0 saturated heterocycles. The molecule has 6 heteroatoms. The number of aromatic hydroxyl groups is 4. The van der Waals surface area contributed by atoms with Gasteiger partial charge in [0.15, 0.2) is 23.5 Å². The first kappa shape index (κ1) is 11.3. The summed E-state index contributed by atoms with van der Waals surface area (Å²) in [4.78, 5) is 0. The Bertz CT molecular complexity index is 491. The van der Waals surface area contributed by atoms with Crippen LogP contribution in [-0.2, 0) is 6.54 Å². The molecule has 0 amide bonds. The Kier molecular flexibility index (Phi) is 2.63. The third kappa shape index (κ3) is 1.89. The summed E-state index contributed by atoms with van der Waals surface area (Å²) in [7, 11) is 0. The van der Waals surface area contributed by atoms with E-state index in [0.717, 1.165) is 0 Å². The molecule has 2 rings (SSSR count). The van der Waals surface area contributed by atoms with Crippen LogP contribution in [0.3, 0.4) is 0 Å². The maximum atomic E-state index is 9.54. The van der Waals surface area contributed by atoms with E-state index in [4.69, 9.17) is 0 Å². The molecule has 0 aliphatic carbocycles. The molecular weight excluding hydrogens is 224 g/mol. The first-order chi connectivity index (χ1) is 8.00. The molecule has 0 aliphatic rings. The summed E-state index contributed by atoms with van der Waals surface area (Å²) in [6.07, 6.45) is 0. The predicted octanol–water partition coefficient (Wildman–Crippen LogP) is 1.37. The minimum Gasteiger partial charge on any atom is -0.494 e. The van der Waals surface area contributed by atoms with Crippen molar-refractivity contribution >= 4 is 0 Å². The lowest BCUT2D eigenvalue weighted by Crippen LogP contribution is -2.11. The molecule has 2 heterocycles. The van der Waals surface area contributed by atoms with E-state index in [-0.39, 0.29) is 36.1 Å². The van der Waals surface area contributed by atoms with Crippen LogP contribution < -0.4 is 0 Å². The average molecular weight is 238 g/mol. The van der Waals surface area contributed by atoms with E-state index in [1.807, 2.05) is 0 Å². The van der Waals surface area contributed by atoms with Gasteiger partial charge in [-0.25, -0.2) is 0 Å². The fraction of sp³-hybridized carbons (Fsp3) is 0.273. The molecule has 0 aromatic carbocycles. The van der Waals surface area contributed by atoms with Gasteiger partial charge in [0.05, 0.1) is 6.04 Å². The Balaban J connectivity index is 2.26. The first-order valence-corrected chi connectivity index (χ1v) is 5.17. The molecule has 0 fully saturated rings. The molecule has 1 atom stereocenters. The molecule has 0 radical (unpaired) electrons. The van der Waals surface area contributed by atoms with E-state index < -0.39 is 0 Å². The van der Waals surface area contributed by atoms with Crippen LogP contribution in [0.25, 0.3) is 0 Å². The van der Waals surface area contributed by atoms with Crippen molar-refractivity contribution in [1.29, 1.82) is 0 Å². The number of nitrogens with zero attached hydrogens (tertiary/aromatic N) is 2. The van der Waals surface area contributed by atoms with Gasteiger partial charge in [0.1, 0.15) is 0 Å². The van der Waals surface area contributed by atoms with E-state index in [0.29, 0.717) is 0 Å². The first-order valence-electron chi connectivity index (χ1n) is 5.17. The van der Waals surface area contributed by atoms with Crippen molar-refractivity contribution in [1.82, 2.24) is 9.13 Å². The lowest BCUT2D eigenvalue weighted by molar-refractivity contribution is 0.298. The van der Waals surface area contributed by atoms with Gasteiger partial charge in [-0.1, -0.05) is 0 Å². The van der Waals surface area contributed by atoms with Crippen molar-refractivity contribution in [3.8, 4) is 23.5 Å². The normalized spacial score (nSPS) is 12.8. The summed E-state index contributed by atoms with van der Waals surface area (Å²) < 4.78 is 2.59. The number of hydrogen-bond acceptors (Lipinski definition) is 4. The largest absolute Gasteiger partial charge is 0.494 e. The Labute approximate surface area is 97.6 Å². The molecule has 0 spiro atoms. The van der Waals surface area contributed by atoms with Gasteiger partial charge >= 0.3 is 0 Å². The monoisotopic (exact) mass is 238 g/mol. The van der Waals surface area contributed by atoms with Crippen LogP contribution in [0.4, 0.5) is 0 Å². The third-order valence-electron chi connectivity index (χ3n) is 2.70. The van der Waals surface area contributed by atoms with Crippen molar-refractivity contribution in [2.75, 3.05) is 0 Å². The lowest BCUT2D eigenvalue weighted by Gasteiger charge is -2.17. The summed E-state index contributed by atoms with van der Waals surface area (Å²) in [5.74, 6) is -0.275. The zero-order valence-electron chi connectivity index (χ0n) is 9.28. The molecule has 2 aromatic heterocycles. The molecule has 92 valence electrons. The Morgan fingerprint density at radius 1 is 0.882 bits per heavy atom. The van der Waals surface area contributed by atoms with Gasteiger partial charge in [0, 0.05) is 30.8 Å². The molecule has 0 bridgehead atoms. The standard InChI is InChI=1S/C11H14N2O4/c1-7(13-10(16)4-5-11(13)17)6-12-8(14)2-3-9(12)15/h2-5,7,14-17H,6H2,1H3. The SMILES string of the molecule is CC(Cn1c(O)ccc1O)n1c(O)ccc1O. The van der Waals surface area contributed by atoms with E-state index in [1.165, 1.54) is 33.4 Å². The van der Waals surface area contributed by atoms with E-state index in [2.05, 4.69) is 0 Å². The number of aromatic nitrogens is 2. The Morgan fingerprint density at radius 2 is 1.29 bits per heavy atom. The van der Waals surface area contributed by atoms with Crippen molar-refractivity contribution in [3.05, 3.63) is 24.3 Å². The predicted molar refractivity (Wildman–Crippen MR) is 60.2 cm³/mol. The minimum atomic E-state index is -0.325. The zero-order valence-corrected chi connectivity index (χ0v) is 9.28. The van der Waals surface area contributed by atoms with Crippen LogP contribution in [-0.4, -0.2) is 29.6 Å². The molecule has 17 heavy (non-hydrogen) atoms. The van der Waals surface area contributed by atoms with Gasteiger partial charge in [-0.05, 0) is 6.92 Å². The minimum absolute atomic E-state index is 0.0684. The van der Waals surface area contributed by atoms with E-state index in [1.54, 1.807) is 6.92 Å². The maximum absolute atomic E-state index is 9.54. The summed E-state index contributed by atoms with van der Waals surface area (Å²) in [5.41, 5.74) is 0. The van der Waals surface area contributed by atoms with Crippen LogP contribution in [0, 0.1) is 0 Å². The third-order valence-corrected chi connectivity index (χ3v) is 2.70. The summed E-state index contributed by atoms with van der Waals surface area (Å²) in [6.45, 7) is 1.97. The topological polar surface area (TPSA) is 90.8 Å². The van der Waals surface area contributed by atoms with Gasteiger partial charge in [0.25, 0.3) is 0 Å². The highest BCUT2D eigenvalue weighted by Crippen LogP contribution is 2.30. The van der Waals surface area contributed by atoms with Crippen LogP contribution in [0.2, 0.25) is 0 Å².